The highest BCUT2D eigenvalue weighted by Gasteiger charge is 2.19. The molecule has 0 aromatic carbocycles. The van der Waals surface area contributed by atoms with Crippen LogP contribution in [-0.2, 0) is 14.3 Å². The lowest BCUT2D eigenvalue weighted by molar-refractivity contribution is -0.151. The molecule has 0 spiro atoms. The summed E-state index contributed by atoms with van der Waals surface area (Å²) < 4.78 is 4.77. The van der Waals surface area contributed by atoms with E-state index in [2.05, 4.69) is 0 Å². The summed E-state index contributed by atoms with van der Waals surface area (Å²) in [5.41, 5.74) is 0. The Morgan fingerprint density at radius 1 is 1.38 bits per heavy atom. The van der Waals surface area contributed by atoms with E-state index in [1.54, 1.807) is 6.92 Å². The number of rotatable bonds is 6. The summed E-state index contributed by atoms with van der Waals surface area (Å²) in [6, 6.07) is 0. The van der Waals surface area contributed by atoms with Crippen LogP contribution in [0.1, 0.15) is 33.1 Å². The third-order valence-electron chi connectivity index (χ3n) is 1.72. The van der Waals surface area contributed by atoms with Crippen molar-refractivity contribution in [2.45, 2.75) is 33.1 Å². The van der Waals surface area contributed by atoms with Crippen molar-refractivity contribution in [3.63, 3.8) is 0 Å². The summed E-state index contributed by atoms with van der Waals surface area (Å²) in [6.07, 6.45) is 1.19. The fourth-order valence-corrected chi connectivity index (χ4v) is 0.882. The number of carboxylic acid groups (broad SMARTS) is 1. The van der Waals surface area contributed by atoms with E-state index in [0.717, 1.165) is 6.42 Å². The standard InChI is InChI=1S/C9H16O4/c1-3-5-13-8(10)6-7(4-2)9(11)12/h7H,3-6H2,1-2H3,(H,11,12)/t7-/m1/s1. The maximum absolute atomic E-state index is 11.0. The molecule has 1 N–H and O–H groups in total. The quantitative estimate of drug-likeness (QED) is 0.640. The van der Waals surface area contributed by atoms with E-state index in [1.807, 2.05) is 6.92 Å². The van der Waals surface area contributed by atoms with Crippen LogP contribution in [-0.4, -0.2) is 23.7 Å². The fourth-order valence-electron chi connectivity index (χ4n) is 0.882. The highest BCUT2D eigenvalue weighted by Crippen LogP contribution is 2.09. The molecule has 0 saturated heterocycles. The molecule has 0 fully saturated rings. The molecule has 0 aliphatic heterocycles. The summed E-state index contributed by atoms with van der Waals surface area (Å²) >= 11 is 0. The maximum atomic E-state index is 11.0. The van der Waals surface area contributed by atoms with Crippen molar-refractivity contribution in [3.8, 4) is 0 Å². The number of ether oxygens (including phenoxy) is 1. The second-order valence-electron chi connectivity index (χ2n) is 2.87. The van der Waals surface area contributed by atoms with Crippen molar-refractivity contribution in [1.29, 1.82) is 0 Å². The van der Waals surface area contributed by atoms with Crippen molar-refractivity contribution in [3.05, 3.63) is 0 Å². The summed E-state index contributed by atoms with van der Waals surface area (Å²) in [5.74, 6) is -1.96. The lowest BCUT2D eigenvalue weighted by atomic mass is 10.0. The van der Waals surface area contributed by atoms with Gasteiger partial charge in [0.15, 0.2) is 0 Å². The van der Waals surface area contributed by atoms with Gasteiger partial charge in [0.1, 0.15) is 0 Å². The number of carboxylic acids is 1. The molecule has 0 rings (SSSR count). The Balaban J connectivity index is 3.80. The molecule has 0 aromatic heterocycles. The molecule has 0 amide bonds. The SMILES string of the molecule is CCCOC(=O)C[C@@H](CC)C(=O)O. The van der Waals surface area contributed by atoms with Gasteiger partial charge in [-0.25, -0.2) is 0 Å². The number of aliphatic carboxylic acids is 1. The molecule has 0 aliphatic carbocycles. The van der Waals surface area contributed by atoms with Crippen LogP contribution < -0.4 is 0 Å². The molecule has 0 radical (unpaired) electrons. The molecule has 0 bridgehead atoms. The molecular weight excluding hydrogens is 172 g/mol. The van der Waals surface area contributed by atoms with Crippen molar-refractivity contribution in [2.75, 3.05) is 6.61 Å². The minimum Gasteiger partial charge on any atom is -0.481 e. The highest BCUT2D eigenvalue weighted by atomic mass is 16.5. The Morgan fingerprint density at radius 2 is 2.00 bits per heavy atom. The van der Waals surface area contributed by atoms with Gasteiger partial charge in [-0.1, -0.05) is 13.8 Å². The maximum Gasteiger partial charge on any atom is 0.307 e. The van der Waals surface area contributed by atoms with E-state index >= 15 is 0 Å². The average molecular weight is 188 g/mol. The van der Waals surface area contributed by atoms with E-state index < -0.39 is 17.9 Å². The minimum atomic E-state index is -0.934. The van der Waals surface area contributed by atoms with Crippen LogP contribution >= 0.6 is 0 Å². The van der Waals surface area contributed by atoms with Gasteiger partial charge in [0.2, 0.25) is 0 Å². The molecule has 76 valence electrons. The zero-order valence-corrected chi connectivity index (χ0v) is 8.08. The van der Waals surface area contributed by atoms with Crippen LogP contribution in [0.15, 0.2) is 0 Å². The summed E-state index contributed by atoms with van der Waals surface area (Å²) in [4.78, 5) is 21.5. The number of carbonyl (C=O) groups excluding carboxylic acids is 1. The second kappa shape index (κ2) is 6.46. The predicted octanol–water partition coefficient (Wildman–Crippen LogP) is 1.44. The molecule has 0 aromatic rings. The topological polar surface area (TPSA) is 63.6 Å². The Bertz CT molecular complexity index is 176. The fraction of sp³-hybridized carbons (Fsp3) is 0.778. The highest BCUT2D eigenvalue weighted by molar-refractivity contribution is 5.78. The third-order valence-corrected chi connectivity index (χ3v) is 1.72. The monoisotopic (exact) mass is 188 g/mol. The number of hydrogen-bond acceptors (Lipinski definition) is 3. The average Bonchev–Trinajstić information content (AvgIpc) is 2.10. The van der Waals surface area contributed by atoms with Gasteiger partial charge in [-0.15, -0.1) is 0 Å². The summed E-state index contributed by atoms with van der Waals surface area (Å²) in [5, 5.41) is 8.64. The molecule has 4 heteroatoms. The van der Waals surface area contributed by atoms with Crippen LogP contribution in [0.3, 0.4) is 0 Å². The van der Waals surface area contributed by atoms with Gasteiger partial charge in [-0.3, -0.25) is 9.59 Å². The second-order valence-corrected chi connectivity index (χ2v) is 2.87. The van der Waals surface area contributed by atoms with Gasteiger partial charge >= 0.3 is 11.9 Å². The van der Waals surface area contributed by atoms with Crippen LogP contribution in [0.25, 0.3) is 0 Å². The van der Waals surface area contributed by atoms with E-state index in [1.165, 1.54) is 0 Å². The van der Waals surface area contributed by atoms with E-state index in [9.17, 15) is 9.59 Å². The first kappa shape index (κ1) is 11.9. The zero-order chi connectivity index (χ0) is 10.3. The van der Waals surface area contributed by atoms with Crippen molar-refractivity contribution in [1.82, 2.24) is 0 Å². The lowest BCUT2D eigenvalue weighted by Gasteiger charge is -2.08. The lowest BCUT2D eigenvalue weighted by Crippen LogP contribution is -2.18. The van der Waals surface area contributed by atoms with E-state index in [-0.39, 0.29) is 6.42 Å². The Labute approximate surface area is 77.9 Å². The largest absolute Gasteiger partial charge is 0.481 e. The molecule has 13 heavy (non-hydrogen) atoms. The van der Waals surface area contributed by atoms with Crippen LogP contribution in [0, 0.1) is 5.92 Å². The zero-order valence-electron chi connectivity index (χ0n) is 8.08. The molecule has 0 unspecified atom stereocenters. The summed E-state index contributed by atoms with van der Waals surface area (Å²) in [6.45, 7) is 4.00. The van der Waals surface area contributed by atoms with Crippen molar-refractivity contribution in [2.24, 2.45) is 5.92 Å². The van der Waals surface area contributed by atoms with Gasteiger partial charge in [0.25, 0.3) is 0 Å². The normalized spacial score (nSPS) is 12.2. The number of hydrogen-bond donors (Lipinski definition) is 1. The Morgan fingerprint density at radius 3 is 2.38 bits per heavy atom. The van der Waals surface area contributed by atoms with Crippen LogP contribution in [0.2, 0.25) is 0 Å². The third kappa shape index (κ3) is 5.22. The molecule has 0 heterocycles. The van der Waals surface area contributed by atoms with Crippen molar-refractivity contribution >= 4 is 11.9 Å². The molecular formula is C9H16O4. The first-order chi connectivity index (χ1) is 6.11. The van der Waals surface area contributed by atoms with E-state index in [0.29, 0.717) is 13.0 Å². The Hall–Kier alpha value is -1.06. The van der Waals surface area contributed by atoms with Gasteiger partial charge in [0.05, 0.1) is 18.9 Å². The first-order valence-electron chi connectivity index (χ1n) is 4.50. The molecule has 0 saturated carbocycles. The number of carbonyl (C=O) groups is 2. The van der Waals surface area contributed by atoms with Gasteiger partial charge in [0, 0.05) is 0 Å². The summed E-state index contributed by atoms with van der Waals surface area (Å²) in [7, 11) is 0. The van der Waals surface area contributed by atoms with Crippen molar-refractivity contribution < 1.29 is 19.4 Å². The first-order valence-corrected chi connectivity index (χ1v) is 4.50. The van der Waals surface area contributed by atoms with Crippen LogP contribution in [0.5, 0.6) is 0 Å². The van der Waals surface area contributed by atoms with Crippen LogP contribution in [0.4, 0.5) is 0 Å². The van der Waals surface area contributed by atoms with E-state index in [4.69, 9.17) is 9.84 Å². The molecule has 4 nitrogen and oxygen atoms in total. The molecule has 1 atom stereocenters. The van der Waals surface area contributed by atoms with Gasteiger partial charge in [-0.05, 0) is 12.8 Å². The number of esters is 1. The van der Waals surface area contributed by atoms with Gasteiger partial charge < -0.3 is 9.84 Å². The predicted molar refractivity (Wildman–Crippen MR) is 47.3 cm³/mol. The molecule has 0 aliphatic rings. The smallest absolute Gasteiger partial charge is 0.307 e. The van der Waals surface area contributed by atoms with Gasteiger partial charge in [-0.2, -0.15) is 0 Å². The minimum absolute atomic E-state index is 0.0220. The Kier molecular flexibility index (Phi) is 5.93.